The van der Waals surface area contributed by atoms with Gasteiger partial charge < -0.3 is 20.1 Å². The number of amides is 2. The molecule has 2 aromatic heterocycles. The van der Waals surface area contributed by atoms with Gasteiger partial charge in [-0.1, -0.05) is 34.1 Å². The number of benzene rings is 2. The minimum Gasteiger partial charge on any atom is -0.491 e. The third kappa shape index (κ3) is 10.8. The zero-order valence-electron chi connectivity index (χ0n) is 28.6. The van der Waals surface area contributed by atoms with Crippen molar-refractivity contribution >= 4 is 27.7 Å². The molecule has 0 aliphatic rings. The van der Waals surface area contributed by atoms with Gasteiger partial charge in [0.05, 0.1) is 23.2 Å². The van der Waals surface area contributed by atoms with Gasteiger partial charge >= 0.3 is 0 Å². The first-order chi connectivity index (χ1) is 23.0. The number of hydrogen-bond acceptors (Lipinski definition) is 6. The number of aryl methyl sites for hydroxylation is 6. The fourth-order valence-corrected chi connectivity index (χ4v) is 5.63. The summed E-state index contributed by atoms with van der Waals surface area (Å²) in [5.74, 6) is 0.340. The summed E-state index contributed by atoms with van der Waals surface area (Å²) in [6.45, 7) is 11.7. The summed E-state index contributed by atoms with van der Waals surface area (Å²) in [5.41, 5.74) is 2.66. The van der Waals surface area contributed by atoms with Gasteiger partial charge in [-0.2, -0.15) is 10.2 Å². The number of alkyl halides is 4. The fraction of sp³-hybridized carbons (Fsp3) is 0.412. The Bertz CT molecular complexity index is 1720. The highest BCUT2D eigenvalue weighted by atomic mass is 79.9. The molecule has 0 spiro atoms. The standard InChI is InChI=1S/C17H20BrF2N3O2.C17H21F2N3O2/c1-9-5-12(18)6-10(2)15(9)25-8-11(3)21-17(24)13-7-23(4)22-14(13)16(19)20;1-10-6-5-7-11(2)15(10)24-9-12(3)20-17(23)13-8-22(4)21-14(13)16(18)19/h5-7,11,16H,8H2,1-4H3,(H,21,24);5-8,12,16H,9H2,1-4H3,(H,20,23). The van der Waals surface area contributed by atoms with Crippen molar-refractivity contribution in [1.82, 2.24) is 30.2 Å². The molecule has 0 aliphatic heterocycles. The quantitative estimate of drug-likeness (QED) is 0.149. The van der Waals surface area contributed by atoms with E-state index in [1.807, 2.05) is 58.0 Å². The van der Waals surface area contributed by atoms with Crippen LogP contribution < -0.4 is 20.1 Å². The predicted molar refractivity (Wildman–Crippen MR) is 181 cm³/mol. The molecule has 0 fully saturated rings. The average Bonchev–Trinajstić information content (AvgIpc) is 3.60. The lowest BCUT2D eigenvalue weighted by molar-refractivity contribution is 0.0906. The summed E-state index contributed by atoms with van der Waals surface area (Å²) < 4.78 is 66.7. The lowest BCUT2D eigenvalue weighted by Crippen LogP contribution is -2.37. The van der Waals surface area contributed by atoms with E-state index in [0.29, 0.717) is 0 Å². The van der Waals surface area contributed by atoms with Crippen LogP contribution >= 0.6 is 15.9 Å². The molecule has 10 nitrogen and oxygen atoms in total. The zero-order chi connectivity index (χ0) is 36.6. The maximum atomic E-state index is 12.9. The van der Waals surface area contributed by atoms with Crippen LogP contribution in [0, 0.1) is 27.7 Å². The molecule has 0 radical (unpaired) electrons. The van der Waals surface area contributed by atoms with Crippen LogP contribution in [0.1, 0.15) is 81.1 Å². The summed E-state index contributed by atoms with van der Waals surface area (Å²) in [6.07, 6.45) is -3.03. The molecule has 0 saturated heterocycles. The largest absolute Gasteiger partial charge is 0.491 e. The van der Waals surface area contributed by atoms with Crippen LogP contribution in [-0.2, 0) is 14.1 Å². The SMILES string of the molecule is Cc1cc(Br)cc(C)c1OCC(C)NC(=O)c1cn(C)nc1C(F)F.Cc1cccc(C)c1OCC(C)NC(=O)c1cn(C)nc1C(F)F. The van der Waals surface area contributed by atoms with Crippen molar-refractivity contribution < 1.29 is 36.6 Å². The van der Waals surface area contributed by atoms with E-state index in [9.17, 15) is 27.2 Å². The summed E-state index contributed by atoms with van der Waals surface area (Å²) in [5, 5.41) is 12.6. The Morgan fingerprint density at radius 3 is 1.47 bits per heavy atom. The number of nitrogens with zero attached hydrogens (tertiary/aromatic N) is 4. The zero-order valence-corrected chi connectivity index (χ0v) is 30.2. The van der Waals surface area contributed by atoms with E-state index in [2.05, 4.69) is 36.8 Å². The molecule has 2 N–H and O–H groups in total. The van der Waals surface area contributed by atoms with Gasteiger partial charge in [0.15, 0.2) is 0 Å². The highest BCUT2D eigenvalue weighted by Gasteiger charge is 2.25. The lowest BCUT2D eigenvalue weighted by Gasteiger charge is -2.18. The van der Waals surface area contributed by atoms with Gasteiger partial charge in [0.25, 0.3) is 24.7 Å². The number of ether oxygens (including phenoxy) is 2. The Morgan fingerprint density at radius 2 is 1.10 bits per heavy atom. The summed E-state index contributed by atoms with van der Waals surface area (Å²) in [7, 11) is 2.99. The summed E-state index contributed by atoms with van der Waals surface area (Å²) in [6, 6.07) is 9.00. The lowest BCUT2D eigenvalue weighted by atomic mass is 10.1. The molecule has 49 heavy (non-hydrogen) atoms. The maximum Gasteiger partial charge on any atom is 0.282 e. The molecule has 2 unspecified atom stereocenters. The predicted octanol–water partition coefficient (Wildman–Crippen LogP) is 7.11. The molecule has 2 heterocycles. The Hall–Kier alpha value is -4.40. The Morgan fingerprint density at radius 1 is 0.735 bits per heavy atom. The van der Waals surface area contributed by atoms with Crippen molar-refractivity contribution in [2.45, 2.75) is 66.5 Å². The van der Waals surface area contributed by atoms with Crippen LogP contribution in [0.25, 0.3) is 0 Å². The van der Waals surface area contributed by atoms with E-state index in [1.54, 1.807) is 13.8 Å². The molecule has 0 bridgehead atoms. The van der Waals surface area contributed by atoms with Crippen molar-refractivity contribution in [3.05, 3.63) is 92.0 Å². The number of aromatic nitrogens is 4. The average molecular weight is 754 g/mol. The Kier molecular flexibility index (Phi) is 13.8. The van der Waals surface area contributed by atoms with E-state index in [4.69, 9.17) is 9.47 Å². The number of carbonyl (C=O) groups excluding carboxylic acids is 2. The third-order valence-corrected chi connectivity index (χ3v) is 7.62. The second-order valence-corrected chi connectivity index (χ2v) is 12.7. The summed E-state index contributed by atoms with van der Waals surface area (Å²) in [4.78, 5) is 24.4. The fourth-order valence-electron chi connectivity index (χ4n) is 4.94. The van der Waals surface area contributed by atoms with Crippen LogP contribution in [-0.4, -0.2) is 56.7 Å². The first-order valence-electron chi connectivity index (χ1n) is 15.3. The smallest absolute Gasteiger partial charge is 0.282 e. The monoisotopic (exact) mass is 752 g/mol. The number of para-hydroxylation sites is 1. The number of rotatable bonds is 12. The third-order valence-electron chi connectivity index (χ3n) is 7.16. The number of halogens is 5. The van der Waals surface area contributed by atoms with Crippen molar-refractivity contribution in [2.75, 3.05) is 13.2 Å². The van der Waals surface area contributed by atoms with Gasteiger partial charge in [0.1, 0.15) is 36.1 Å². The Labute approximate surface area is 291 Å². The van der Waals surface area contributed by atoms with Gasteiger partial charge in [-0.15, -0.1) is 0 Å². The first-order valence-corrected chi connectivity index (χ1v) is 16.1. The van der Waals surface area contributed by atoms with Gasteiger partial charge in [-0.25, -0.2) is 17.6 Å². The highest BCUT2D eigenvalue weighted by molar-refractivity contribution is 9.10. The Balaban J connectivity index is 0.000000266. The second kappa shape index (κ2) is 17.3. The van der Waals surface area contributed by atoms with Crippen molar-refractivity contribution in [3.8, 4) is 11.5 Å². The number of hydrogen-bond donors (Lipinski definition) is 2. The molecule has 4 rings (SSSR count). The molecule has 4 aromatic rings. The minimum absolute atomic E-state index is 0.119. The van der Waals surface area contributed by atoms with Crippen LogP contribution in [0.4, 0.5) is 17.6 Å². The van der Waals surface area contributed by atoms with Gasteiger partial charge in [0, 0.05) is 31.0 Å². The van der Waals surface area contributed by atoms with Crippen LogP contribution in [0.5, 0.6) is 11.5 Å². The second-order valence-electron chi connectivity index (χ2n) is 11.8. The molecule has 2 amide bonds. The maximum absolute atomic E-state index is 12.9. The molecule has 0 saturated carbocycles. The van der Waals surface area contributed by atoms with Gasteiger partial charge in [-0.05, 0) is 75.9 Å². The van der Waals surface area contributed by atoms with E-state index < -0.39 is 36.1 Å². The minimum atomic E-state index is -2.80. The van der Waals surface area contributed by atoms with Gasteiger partial charge in [0.2, 0.25) is 0 Å². The van der Waals surface area contributed by atoms with E-state index in [0.717, 1.165) is 38.2 Å². The van der Waals surface area contributed by atoms with Crippen LogP contribution in [0.2, 0.25) is 0 Å². The molecule has 0 aliphatic carbocycles. The molecule has 2 aromatic carbocycles. The van der Waals surface area contributed by atoms with E-state index in [-0.39, 0.29) is 36.4 Å². The van der Waals surface area contributed by atoms with Crippen LogP contribution in [0.3, 0.4) is 0 Å². The van der Waals surface area contributed by atoms with Crippen molar-refractivity contribution in [1.29, 1.82) is 0 Å². The normalized spacial score (nSPS) is 12.3. The first kappa shape index (κ1) is 39.0. The van der Waals surface area contributed by atoms with Crippen molar-refractivity contribution in [2.24, 2.45) is 14.1 Å². The molecule has 15 heteroatoms. The number of carbonyl (C=O) groups is 2. The topological polar surface area (TPSA) is 112 Å². The van der Waals surface area contributed by atoms with E-state index in [1.165, 1.54) is 35.9 Å². The summed E-state index contributed by atoms with van der Waals surface area (Å²) >= 11 is 3.42. The van der Waals surface area contributed by atoms with Crippen LogP contribution in [0.15, 0.2) is 47.2 Å². The molecular formula is C34H41BrF4N6O4. The highest BCUT2D eigenvalue weighted by Crippen LogP contribution is 2.28. The van der Waals surface area contributed by atoms with E-state index >= 15 is 0 Å². The molecule has 266 valence electrons. The molecule has 2 atom stereocenters. The van der Waals surface area contributed by atoms with Gasteiger partial charge in [-0.3, -0.25) is 19.0 Å². The molecular weight excluding hydrogens is 712 g/mol. The number of nitrogens with one attached hydrogen (secondary N) is 2. The van der Waals surface area contributed by atoms with Crippen molar-refractivity contribution in [3.63, 3.8) is 0 Å².